The molecule has 0 atom stereocenters. The van der Waals surface area contributed by atoms with Gasteiger partial charge in [-0.1, -0.05) is 12.1 Å². The Bertz CT molecular complexity index is 1160. The Hall–Kier alpha value is -3.43. The van der Waals surface area contributed by atoms with E-state index in [1.54, 1.807) is 6.92 Å². The van der Waals surface area contributed by atoms with Gasteiger partial charge in [-0.25, -0.2) is 8.42 Å². The molecule has 0 radical (unpaired) electrons. The SMILES string of the molecule is CCOC(=O)CN(Cc1ccc(C(F)(F)F)cc1)C(=O)CN(C)S(=O)(=O)c1ccc(C#N)cc1. The standard InChI is InChI=1S/C22H22F3N3O5S/c1-3-33-21(30)15-28(13-17-4-8-18(9-5-17)22(23,24)25)20(29)14-27(2)34(31,32)19-10-6-16(12-26)7-11-19/h4-11H,3,13-15H2,1-2H3. The second-order valence-electron chi connectivity index (χ2n) is 7.15. The van der Waals surface area contributed by atoms with E-state index in [0.29, 0.717) is 5.56 Å². The van der Waals surface area contributed by atoms with Crippen molar-refractivity contribution in [1.82, 2.24) is 9.21 Å². The molecule has 0 bridgehead atoms. The zero-order valence-electron chi connectivity index (χ0n) is 18.4. The van der Waals surface area contributed by atoms with E-state index in [2.05, 4.69) is 0 Å². The highest BCUT2D eigenvalue weighted by Gasteiger charge is 2.30. The van der Waals surface area contributed by atoms with Gasteiger partial charge in [0.05, 0.1) is 35.2 Å². The van der Waals surface area contributed by atoms with Gasteiger partial charge in [-0.2, -0.15) is 22.7 Å². The molecule has 1 amide bonds. The number of rotatable bonds is 9. The van der Waals surface area contributed by atoms with Crippen LogP contribution in [0, 0.1) is 11.3 Å². The van der Waals surface area contributed by atoms with Crippen molar-refractivity contribution in [3.8, 4) is 6.07 Å². The molecule has 0 N–H and O–H groups in total. The highest BCUT2D eigenvalue weighted by atomic mass is 32.2. The molecule has 182 valence electrons. The molecular weight excluding hydrogens is 475 g/mol. The second-order valence-corrected chi connectivity index (χ2v) is 9.19. The summed E-state index contributed by atoms with van der Waals surface area (Å²) in [5.41, 5.74) is -0.300. The Labute approximate surface area is 195 Å². The number of halogens is 3. The first kappa shape index (κ1) is 26.8. The van der Waals surface area contributed by atoms with Crippen molar-refractivity contribution in [2.24, 2.45) is 0 Å². The summed E-state index contributed by atoms with van der Waals surface area (Å²) in [6.45, 7) is 0.230. The molecule has 0 aliphatic carbocycles. The smallest absolute Gasteiger partial charge is 0.416 e. The minimum atomic E-state index is -4.53. The van der Waals surface area contributed by atoms with Gasteiger partial charge in [-0.15, -0.1) is 0 Å². The maximum atomic E-state index is 12.9. The summed E-state index contributed by atoms with van der Waals surface area (Å²) >= 11 is 0. The molecular formula is C22H22F3N3O5S. The molecule has 2 aromatic carbocycles. The van der Waals surface area contributed by atoms with Crippen LogP contribution in [0.2, 0.25) is 0 Å². The van der Waals surface area contributed by atoms with Crippen LogP contribution >= 0.6 is 0 Å². The molecule has 0 spiro atoms. The number of alkyl halides is 3. The van der Waals surface area contributed by atoms with Gasteiger partial charge >= 0.3 is 12.1 Å². The molecule has 2 rings (SSSR count). The fraction of sp³-hybridized carbons (Fsp3) is 0.318. The molecule has 0 aromatic heterocycles. The summed E-state index contributed by atoms with van der Waals surface area (Å²) in [6, 6.07) is 11.0. The number of sulfonamides is 1. The molecule has 0 fully saturated rings. The number of ether oxygens (including phenoxy) is 1. The van der Waals surface area contributed by atoms with Gasteiger partial charge in [0.2, 0.25) is 15.9 Å². The fourth-order valence-electron chi connectivity index (χ4n) is 2.87. The summed E-state index contributed by atoms with van der Waals surface area (Å²) in [7, 11) is -2.92. The van der Waals surface area contributed by atoms with Crippen LogP contribution in [0.1, 0.15) is 23.6 Å². The van der Waals surface area contributed by atoms with Crippen LogP contribution in [0.4, 0.5) is 13.2 Å². The third-order valence-corrected chi connectivity index (χ3v) is 6.50. The average Bonchev–Trinajstić information content (AvgIpc) is 2.78. The molecule has 34 heavy (non-hydrogen) atoms. The van der Waals surface area contributed by atoms with Crippen molar-refractivity contribution < 1.29 is 35.9 Å². The molecule has 0 aliphatic rings. The van der Waals surface area contributed by atoms with Crippen LogP contribution in [0.25, 0.3) is 0 Å². The lowest BCUT2D eigenvalue weighted by Crippen LogP contribution is -2.43. The van der Waals surface area contributed by atoms with Gasteiger partial charge in [-0.05, 0) is 48.9 Å². The van der Waals surface area contributed by atoms with E-state index in [0.717, 1.165) is 21.3 Å². The second kappa shape index (κ2) is 11.1. The Morgan fingerprint density at radius 2 is 1.62 bits per heavy atom. The van der Waals surface area contributed by atoms with Gasteiger partial charge in [0.25, 0.3) is 0 Å². The van der Waals surface area contributed by atoms with Gasteiger partial charge in [-0.3, -0.25) is 9.59 Å². The Morgan fingerprint density at radius 1 is 1.03 bits per heavy atom. The number of esters is 1. The summed E-state index contributed by atoms with van der Waals surface area (Å²) in [5, 5.41) is 8.85. The first-order chi connectivity index (χ1) is 15.9. The Balaban J connectivity index is 2.21. The van der Waals surface area contributed by atoms with Crippen molar-refractivity contribution >= 4 is 21.9 Å². The summed E-state index contributed by atoms with van der Waals surface area (Å²) < 4.78 is 69.6. The molecule has 0 unspecified atom stereocenters. The number of carbonyl (C=O) groups excluding carboxylic acids is 2. The molecule has 8 nitrogen and oxygen atoms in total. The topological polar surface area (TPSA) is 108 Å². The molecule has 0 saturated heterocycles. The van der Waals surface area contributed by atoms with Gasteiger partial charge < -0.3 is 9.64 Å². The van der Waals surface area contributed by atoms with Crippen LogP contribution in [0.15, 0.2) is 53.4 Å². The number of carbonyl (C=O) groups is 2. The van der Waals surface area contributed by atoms with E-state index in [4.69, 9.17) is 10.00 Å². The Kier molecular flexibility index (Phi) is 8.78. The maximum Gasteiger partial charge on any atom is 0.416 e. The number of hydrogen-bond donors (Lipinski definition) is 0. The van der Waals surface area contributed by atoms with Crippen LogP contribution < -0.4 is 0 Å². The van der Waals surface area contributed by atoms with Crippen molar-refractivity contribution in [3.63, 3.8) is 0 Å². The quantitative estimate of drug-likeness (QED) is 0.493. The third-order valence-electron chi connectivity index (χ3n) is 4.68. The number of amides is 1. The number of likely N-dealkylation sites (N-methyl/N-ethyl adjacent to an activating group) is 1. The van der Waals surface area contributed by atoms with E-state index in [9.17, 15) is 31.2 Å². The lowest BCUT2D eigenvalue weighted by molar-refractivity contribution is -0.149. The van der Waals surface area contributed by atoms with E-state index in [1.165, 1.54) is 43.4 Å². The van der Waals surface area contributed by atoms with Crippen LogP contribution in [0.5, 0.6) is 0 Å². The summed E-state index contributed by atoms with van der Waals surface area (Å²) in [5.74, 6) is -1.51. The van der Waals surface area contributed by atoms with Crippen molar-refractivity contribution in [1.29, 1.82) is 5.26 Å². The number of hydrogen-bond acceptors (Lipinski definition) is 6. The summed E-state index contributed by atoms with van der Waals surface area (Å²) in [6.07, 6.45) is -4.53. The van der Waals surface area contributed by atoms with Crippen molar-refractivity contribution in [2.75, 3.05) is 26.7 Å². The van der Waals surface area contributed by atoms with Gasteiger partial charge in [0, 0.05) is 13.6 Å². The van der Waals surface area contributed by atoms with Crippen LogP contribution in [0.3, 0.4) is 0 Å². The Morgan fingerprint density at radius 3 is 2.12 bits per heavy atom. The van der Waals surface area contributed by atoms with Gasteiger partial charge in [0.15, 0.2) is 0 Å². The predicted molar refractivity (Wildman–Crippen MR) is 114 cm³/mol. The molecule has 12 heteroatoms. The summed E-state index contributed by atoms with van der Waals surface area (Å²) in [4.78, 5) is 25.7. The van der Waals surface area contributed by atoms with E-state index >= 15 is 0 Å². The highest BCUT2D eigenvalue weighted by molar-refractivity contribution is 7.89. The monoisotopic (exact) mass is 497 g/mol. The fourth-order valence-corrected chi connectivity index (χ4v) is 3.99. The minimum absolute atomic E-state index is 0.0497. The number of nitrogens with zero attached hydrogens (tertiary/aromatic N) is 3. The third kappa shape index (κ3) is 7.03. The lowest BCUT2D eigenvalue weighted by atomic mass is 10.1. The van der Waals surface area contributed by atoms with E-state index < -0.39 is 46.7 Å². The van der Waals surface area contributed by atoms with Crippen LogP contribution in [-0.4, -0.2) is 56.2 Å². The molecule has 0 aliphatic heterocycles. The van der Waals surface area contributed by atoms with E-state index in [1.807, 2.05) is 6.07 Å². The van der Waals surface area contributed by atoms with Gasteiger partial charge in [0.1, 0.15) is 6.54 Å². The largest absolute Gasteiger partial charge is 0.465 e. The predicted octanol–water partition coefficient (Wildman–Crippen LogP) is 2.79. The van der Waals surface area contributed by atoms with Crippen molar-refractivity contribution in [2.45, 2.75) is 24.5 Å². The maximum absolute atomic E-state index is 12.9. The zero-order chi connectivity index (χ0) is 25.5. The normalized spacial score (nSPS) is 11.7. The average molecular weight is 497 g/mol. The number of nitriles is 1. The first-order valence-electron chi connectivity index (χ1n) is 9.94. The van der Waals surface area contributed by atoms with Crippen molar-refractivity contribution in [3.05, 3.63) is 65.2 Å². The molecule has 0 saturated carbocycles. The minimum Gasteiger partial charge on any atom is -0.465 e. The highest BCUT2D eigenvalue weighted by Crippen LogP contribution is 2.29. The molecule has 0 heterocycles. The molecule has 2 aromatic rings. The lowest BCUT2D eigenvalue weighted by Gasteiger charge is -2.25. The van der Waals surface area contributed by atoms with E-state index in [-0.39, 0.29) is 23.6 Å². The van der Waals surface area contributed by atoms with Crippen LogP contribution in [-0.2, 0) is 37.1 Å². The number of benzene rings is 2. The first-order valence-corrected chi connectivity index (χ1v) is 11.4. The zero-order valence-corrected chi connectivity index (χ0v) is 19.2.